The van der Waals surface area contributed by atoms with Crippen molar-refractivity contribution in [2.75, 3.05) is 205 Å². The number of carbonyl (C=O) groups is 15. The van der Waals surface area contributed by atoms with Crippen molar-refractivity contribution >= 4 is 88.6 Å². The van der Waals surface area contributed by atoms with Crippen molar-refractivity contribution in [3.05, 3.63) is 83.2 Å². The van der Waals surface area contributed by atoms with Crippen LogP contribution in [0.5, 0.6) is 0 Å². The molecular formula is C84H132N18O27. The van der Waals surface area contributed by atoms with Crippen LogP contribution < -0.4 is 92.2 Å². The lowest BCUT2D eigenvalue weighted by atomic mass is 9.99. The topological polar surface area (TPSA) is 631 Å². The molecule has 21 N–H and O–H groups in total. The number of nitrogens with one attached hydrogen (secondary N) is 13. The minimum atomic E-state index is -1.19. The molecule has 0 heterocycles. The number of allylic oxidation sites excluding steroid dienone is 1. The molecule has 129 heavy (non-hydrogen) atoms. The lowest BCUT2D eigenvalue weighted by Crippen LogP contribution is -2.53. The molecule has 2 aromatic carbocycles. The average molecular weight is 1830 g/mol. The van der Waals surface area contributed by atoms with E-state index in [-0.39, 0.29) is 170 Å². The van der Waals surface area contributed by atoms with Gasteiger partial charge in [-0.15, -0.1) is 5.92 Å². The fraction of sp³-hybridized carbons (Fsp3) is 0.631. The van der Waals surface area contributed by atoms with E-state index in [0.29, 0.717) is 74.6 Å². The van der Waals surface area contributed by atoms with Gasteiger partial charge in [-0.05, 0) is 68.9 Å². The molecule has 2 aromatic rings. The fourth-order valence-corrected chi connectivity index (χ4v) is 11.9. The van der Waals surface area contributed by atoms with Gasteiger partial charge in [0.25, 0.3) is 0 Å². The molecule has 0 spiro atoms. The predicted molar refractivity (Wildman–Crippen MR) is 462 cm³/mol. The summed E-state index contributed by atoms with van der Waals surface area (Å²) in [5.41, 5.74) is 19.2. The molecule has 45 nitrogen and oxygen atoms in total. The Morgan fingerprint density at radius 3 is 1.26 bits per heavy atom. The van der Waals surface area contributed by atoms with Crippen LogP contribution in [0.4, 0.5) is 0 Å². The third-order valence-electron chi connectivity index (χ3n) is 18.6. The summed E-state index contributed by atoms with van der Waals surface area (Å²) in [5.74, 6) is 3.42. The van der Waals surface area contributed by atoms with Crippen LogP contribution >= 0.6 is 0 Å². The second-order valence-electron chi connectivity index (χ2n) is 29.2. The van der Waals surface area contributed by atoms with Crippen molar-refractivity contribution in [2.24, 2.45) is 23.0 Å². The second kappa shape index (κ2) is 70.8. The molecule has 4 rings (SSSR count). The number of hydrazine groups is 1. The smallest absolute Gasteiger partial charge is 0.246 e. The highest BCUT2D eigenvalue weighted by molar-refractivity contribution is 5.95. The van der Waals surface area contributed by atoms with Crippen molar-refractivity contribution in [3.8, 4) is 11.8 Å². The first-order valence-corrected chi connectivity index (χ1v) is 43.2. The van der Waals surface area contributed by atoms with Crippen LogP contribution in [0.2, 0.25) is 0 Å². The summed E-state index contributed by atoms with van der Waals surface area (Å²) in [6.07, 6.45) is 8.24. The Bertz CT molecular complexity index is 3790. The van der Waals surface area contributed by atoms with Gasteiger partial charge in [0.2, 0.25) is 88.6 Å². The van der Waals surface area contributed by atoms with Gasteiger partial charge in [0, 0.05) is 51.7 Å². The van der Waals surface area contributed by atoms with Gasteiger partial charge in [-0.1, -0.05) is 85.8 Å². The van der Waals surface area contributed by atoms with Crippen LogP contribution in [0.25, 0.3) is 0 Å². The van der Waals surface area contributed by atoms with Gasteiger partial charge in [0.05, 0.1) is 162 Å². The van der Waals surface area contributed by atoms with Gasteiger partial charge in [0.1, 0.15) is 64.1 Å². The second-order valence-corrected chi connectivity index (χ2v) is 29.2. The summed E-state index contributed by atoms with van der Waals surface area (Å²) < 4.78 is 65.9. The summed E-state index contributed by atoms with van der Waals surface area (Å²) in [7, 11) is 0. The van der Waals surface area contributed by atoms with Gasteiger partial charge in [-0.25, -0.2) is 5.84 Å². The number of hydrogen-bond donors (Lipinski definition) is 17. The van der Waals surface area contributed by atoms with Crippen molar-refractivity contribution in [3.63, 3.8) is 0 Å². The third kappa shape index (κ3) is 57.4. The minimum absolute atomic E-state index is 0.0121. The summed E-state index contributed by atoms with van der Waals surface area (Å²) in [6, 6.07) is 14.0. The zero-order valence-corrected chi connectivity index (χ0v) is 73.4. The summed E-state index contributed by atoms with van der Waals surface area (Å²) in [4.78, 5) is 189. The number of nitrogens with two attached hydrogens (primary N) is 4. The highest BCUT2D eigenvalue weighted by Gasteiger charge is 2.28. The van der Waals surface area contributed by atoms with E-state index in [0.717, 1.165) is 51.4 Å². The number of hydrogen-bond acceptors (Lipinski definition) is 30. The maximum atomic E-state index is 13.8. The van der Waals surface area contributed by atoms with E-state index in [2.05, 4.69) is 81.0 Å². The van der Waals surface area contributed by atoms with E-state index in [1.165, 1.54) is 5.01 Å². The Labute approximate surface area is 750 Å². The molecule has 15 amide bonds. The monoisotopic (exact) mass is 1820 g/mol. The first-order chi connectivity index (χ1) is 62.4. The third-order valence-corrected chi connectivity index (χ3v) is 18.6. The van der Waals surface area contributed by atoms with Crippen LogP contribution in [-0.2, 0) is 142 Å². The summed E-state index contributed by atoms with van der Waals surface area (Å²) in [6.45, 7) is -0.778. The number of unbranched alkanes of at least 4 members (excludes halogenated alkanes) is 1. The molecule has 0 aliphatic heterocycles. The molecule has 0 fully saturated rings. The van der Waals surface area contributed by atoms with Gasteiger partial charge in [-0.2, -0.15) is 0 Å². The Morgan fingerprint density at radius 1 is 0.380 bits per heavy atom. The normalized spacial score (nSPS) is 14.9. The zero-order valence-electron chi connectivity index (χ0n) is 73.4. The van der Waals surface area contributed by atoms with Gasteiger partial charge < -0.3 is 148 Å². The molecule has 0 radical (unpaired) electrons. The van der Waals surface area contributed by atoms with Gasteiger partial charge >= 0.3 is 0 Å². The lowest BCUT2D eigenvalue weighted by molar-refractivity contribution is -0.132. The number of nitrogens with zero attached hydrogens (tertiary/aromatic N) is 1. The van der Waals surface area contributed by atoms with E-state index < -0.39 is 159 Å². The number of ether oxygens (including phenoxy) is 12. The summed E-state index contributed by atoms with van der Waals surface area (Å²) >= 11 is 0. The molecule has 2 aliphatic carbocycles. The van der Waals surface area contributed by atoms with Crippen LogP contribution in [-0.4, -0.2) is 328 Å². The largest absolute Gasteiger partial charge is 0.398 e. The molecule has 0 aromatic heterocycles. The minimum Gasteiger partial charge on any atom is -0.398 e. The molecule has 0 saturated heterocycles. The van der Waals surface area contributed by atoms with Gasteiger partial charge in [0.15, 0.2) is 0 Å². The molecular weight excluding hydrogens is 1690 g/mol. The zero-order chi connectivity index (χ0) is 93.5. The molecule has 5 atom stereocenters. The first-order valence-electron chi connectivity index (χ1n) is 43.2. The maximum absolute atomic E-state index is 13.8. The standard InChI is InChI=1S/C84H132N18O27/c85-69(103)55-126-59-97-75(109)51-95-83(116)65(47-61-17-7-4-8-18-61)100-77(111)53-92-73(107)49-91-71(105)26-31-118-35-39-122-43-45-125-42-38-121-34-29-90-80(114)58-129-68-25-14-6-13-24-67(81(68)87)102(88)30-16-15-23-64(99-72(106)27-32-119-36-40-123-44-46-124-41-37-120-33-28-89-79(113)57-128-63-21-11-2-1-3-12-22-63)82(115)94-50-74(108)93-54-78(112)101-66(48-62-19-9-5-10-20-62)84(117)96-52-76(110)98-60-127-56-70(86)104/h4-5,7-10,17-20,63-66,68H,1-3,6,11,13-16,21,23-60,87-88H2,(H2,85,103)(H2,86,104)(H,89,113)(H,90,114)(H,91,105)(H,92,107)(H,93,108)(H,94,115)(H,95,116)(H,96,117)(H,97,109)(H,98,110)(H,99,106)(H,100,111)(H,101,112)/b81-67-/t63?,64-,65+,66+,68?/m1/s1. The molecule has 720 valence electrons. The van der Waals surface area contributed by atoms with Crippen molar-refractivity contribution in [2.45, 2.75) is 139 Å². The first kappa shape index (κ1) is 110. The van der Waals surface area contributed by atoms with E-state index in [4.69, 9.17) is 79.9 Å². The quantitative estimate of drug-likeness (QED) is 0.00964. The molecule has 45 heteroatoms. The van der Waals surface area contributed by atoms with Crippen molar-refractivity contribution in [1.29, 1.82) is 0 Å². The summed E-state index contributed by atoms with van der Waals surface area (Å²) in [5, 5.41) is 34.2. The van der Waals surface area contributed by atoms with Crippen LogP contribution in [0.15, 0.2) is 72.1 Å². The molecule has 2 unspecified atom stereocenters. The van der Waals surface area contributed by atoms with E-state index >= 15 is 0 Å². The molecule has 0 bridgehead atoms. The number of benzene rings is 2. The van der Waals surface area contributed by atoms with Crippen LogP contribution in [0.3, 0.4) is 0 Å². The Kier molecular flexibility index (Phi) is 60.5. The maximum Gasteiger partial charge on any atom is 0.246 e. The van der Waals surface area contributed by atoms with Crippen molar-refractivity contribution in [1.82, 2.24) is 74.1 Å². The predicted octanol–water partition coefficient (Wildman–Crippen LogP) is -5.86. The van der Waals surface area contributed by atoms with E-state index in [1.807, 2.05) is 0 Å². The fourth-order valence-electron chi connectivity index (χ4n) is 11.9. The van der Waals surface area contributed by atoms with Gasteiger partial charge in [-0.3, -0.25) is 71.9 Å². The molecule has 0 saturated carbocycles. The SMILES string of the molecule is NC(=O)COCNC(=O)CNC(=O)[C@H](Cc1ccccc1)NC(=O)CNC(=O)CNC(=O)CCOCCOCCOCCOCCNC(=O)COC1CCCCC/C(N(N)CCCC[C@@H](NC(=O)CCOCCOCCOCCOCCNC(=O)COC2C#CCCCCC2)C(=O)NCC(=O)NCC(=O)N[C@@H](Cc2ccccc2)C(=O)NCC(=O)NCOCC(N)=O)=C\1N. The van der Waals surface area contributed by atoms with Crippen LogP contribution in [0, 0.1) is 11.8 Å². The number of primary amides is 2. The van der Waals surface area contributed by atoms with Crippen LogP contribution in [0.1, 0.15) is 107 Å². The average Bonchev–Trinajstić information content (AvgIpc) is 0.835. The Balaban J connectivity index is 1.12. The highest BCUT2D eigenvalue weighted by atomic mass is 16.6. The number of rotatable bonds is 72. The molecule has 2 aliphatic rings. The van der Waals surface area contributed by atoms with Crippen molar-refractivity contribution < 1.29 is 129 Å². The highest BCUT2D eigenvalue weighted by Crippen LogP contribution is 2.25. The Morgan fingerprint density at radius 2 is 0.775 bits per heavy atom. The Hall–Kier alpha value is -11.1. The lowest BCUT2D eigenvalue weighted by Gasteiger charge is -2.29. The number of amides is 15. The van der Waals surface area contributed by atoms with E-state index in [1.54, 1.807) is 60.7 Å². The van der Waals surface area contributed by atoms with E-state index in [9.17, 15) is 71.9 Å². The number of carbonyl (C=O) groups excluding carboxylic acids is 15.